The van der Waals surface area contributed by atoms with Gasteiger partial charge in [-0.2, -0.15) is 0 Å². The number of halogens is 1. The first-order valence-electron chi connectivity index (χ1n) is 11.7. The zero-order valence-corrected chi connectivity index (χ0v) is 19.9. The second-order valence-corrected chi connectivity index (χ2v) is 9.84. The fourth-order valence-corrected chi connectivity index (χ4v) is 6.06. The predicted molar refractivity (Wildman–Crippen MR) is 133 cm³/mol. The number of esters is 1. The quantitative estimate of drug-likeness (QED) is 0.464. The monoisotopic (exact) mass is 482 g/mol. The van der Waals surface area contributed by atoms with Gasteiger partial charge >= 0.3 is 12.0 Å². The smallest absolute Gasteiger partial charge is 0.341 e. The highest BCUT2D eigenvalue weighted by molar-refractivity contribution is 7.17. The molecule has 178 valence electrons. The second kappa shape index (κ2) is 9.58. The van der Waals surface area contributed by atoms with Gasteiger partial charge in [-0.25, -0.2) is 19.0 Å². The van der Waals surface area contributed by atoms with Crippen molar-refractivity contribution in [3.8, 4) is 0 Å². The number of ether oxygens (including phenoxy) is 1. The number of rotatable bonds is 4. The minimum atomic E-state index is -0.541. The maximum absolute atomic E-state index is 14.9. The molecule has 2 aliphatic rings. The molecule has 0 saturated carbocycles. The molecule has 34 heavy (non-hydrogen) atoms. The Kier molecular flexibility index (Phi) is 6.36. The van der Waals surface area contributed by atoms with Crippen molar-refractivity contribution in [2.24, 2.45) is 0 Å². The number of pyridine rings is 1. The lowest BCUT2D eigenvalue weighted by Gasteiger charge is -2.27. The number of hydrogen-bond acceptors (Lipinski definition) is 6. The van der Waals surface area contributed by atoms with Gasteiger partial charge in [0, 0.05) is 29.0 Å². The van der Waals surface area contributed by atoms with Crippen molar-refractivity contribution < 1.29 is 18.7 Å². The molecule has 2 amide bonds. The van der Waals surface area contributed by atoms with E-state index in [1.54, 1.807) is 6.07 Å². The van der Waals surface area contributed by atoms with E-state index >= 15 is 0 Å². The number of benzene rings is 1. The van der Waals surface area contributed by atoms with Gasteiger partial charge in [0.1, 0.15) is 16.3 Å². The number of amides is 2. The molecule has 0 bridgehead atoms. The minimum absolute atomic E-state index is 0.285. The Morgan fingerprint density at radius 3 is 2.65 bits per heavy atom. The van der Waals surface area contributed by atoms with E-state index < -0.39 is 17.8 Å². The summed E-state index contributed by atoms with van der Waals surface area (Å²) >= 11 is 1.40. The Bertz CT molecular complexity index is 1250. The largest absolute Gasteiger partial charge is 0.465 e. The van der Waals surface area contributed by atoms with E-state index in [9.17, 15) is 14.0 Å². The Morgan fingerprint density at radius 1 is 1.06 bits per heavy atom. The van der Waals surface area contributed by atoms with E-state index in [0.717, 1.165) is 67.9 Å². The molecule has 1 aliphatic carbocycles. The lowest BCUT2D eigenvalue weighted by molar-refractivity contribution is 0.0601. The van der Waals surface area contributed by atoms with Crippen LogP contribution in [0.15, 0.2) is 24.3 Å². The molecule has 2 N–H and O–H groups in total. The number of anilines is 3. The van der Waals surface area contributed by atoms with Crippen LogP contribution in [0.2, 0.25) is 0 Å². The van der Waals surface area contributed by atoms with E-state index in [2.05, 4.69) is 20.5 Å². The standard InChI is InChI=1S/C25H27FN4O3S/c1-33-24(31)21-17-7-3-4-8-19(17)34-23(21)29-25(32)27-16-13-15-9-10-20(28-22(15)18(26)14-16)30-11-5-2-6-12-30/h9-10,13-14H,2-8,11-12H2,1H3,(H2,27,29,32). The summed E-state index contributed by atoms with van der Waals surface area (Å²) in [7, 11) is 1.33. The molecule has 3 heterocycles. The Labute approximate surface area is 201 Å². The first kappa shape index (κ1) is 22.6. The fourth-order valence-electron chi connectivity index (χ4n) is 4.79. The summed E-state index contributed by atoms with van der Waals surface area (Å²) < 4.78 is 19.9. The maximum Gasteiger partial charge on any atom is 0.341 e. The molecule has 5 rings (SSSR count). The average Bonchev–Trinajstić information content (AvgIpc) is 3.21. The molecular formula is C25H27FN4O3S. The molecule has 0 radical (unpaired) electrons. The van der Waals surface area contributed by atoms with Gasteiger partial charge in [-0.1, -0.05) is 0 Å². The Morgan fingerprint density at radius 2 is 1.85 bits per heavy atom. The summed E-state index contributed by atoms with van der Waals surface area (Å²) in [6.07, 6.45) is 7.19. The van der Waals surface area contributed by atoms with Crippen molar-refractivity contribution in [3.63, 3.8) is 0 Å². The highest BCUT2D eigenvalue weighted by Crippen LogP contribution is 2.38. The molecular weight excluding hydrogens is 455 g/mol. The second-order valence-electron chi connectivity index (χ2n) is 8.73. The first-order valence-corrected chi connectivity index (χ1v) is 12.5. The van der Waals surface area contributed by atoms with Crippen LogP contribution in [0, 0.1) is 5.82 Å². The van der Waals surface area contributed by atoms with E-state index in [4.69, 9.17) is 4.74 Å². The van der Waals surface area contributed by atoms with Crippen LogP contribution in [-0.4, -0.2) is 37.2 Å². The van der Waals surface area contributed by atoms with Crippen LogP contribution in [0.1, 0.15) is 52.9 Å². The third-order valence-electron chi connectivity index (χ3n) is 6.46. The van der Waals surface area contributed by atoms with Crippen LogP contribution in [-0.2, 0) is 17.6 Å². The topological polar surface area (TPSA) is 83.6 Å². The molecule has 1 aromatic carbocycles. The third kappa shape index (κ3) is 4.44. The van der Waals surface area contributed by atoms with Crippen LogP contribution >= 0.6 is 11.3 Å². The van der Waals surface area contributed by atoms with Gasteiger partial charge in [0.15, 0.2) is 5.82 Å². The highest BCUT2D eigenvalue weighted by atomic mass is 32.1. The molecule has 9 heteroatoms. The molecule has 0 unspecified atom stereocenters. The van der Waals surface area contributed by atoms with Crippen LogP contribution < -0.4 is 15.5 Å². The number of urea groups is 1. The van der Waals surface area contributed by atoms with Crippen molar-refractivity contribution in [1.29, 1.82) is 0 Å². The first-order chi connectivity index (χ1) is 16.5. The molecule has 0 atom stereocenters. The van der Waals surface area contributed by atoms with Gasteiger partial charge in [-0.3, -0.25) is 5.32 Å². The highest BCUT2D eigenvalue weighted by Gasteiger charge is 2.27. The summed E-state index contributed by atoms with van der Waals surface area (Å²) in [5, 5.41) is 6.54. The van der Waals surface area contributed by atoms with Crippen LogP contribution in [0.3, 0.4) is 0 Å². The fraction of sp³-hybridized carbons (Fsp3) is 0.400. The molecule has 0 spiro atoms. The molecule has 7 nitrogen and oxygen atoms in total. The summed E-state index contributed by atoms with van der Waals surface area (Å²) in [5.74, 6) is -0.169. The number of aromatic nitrogens is 1. The van der Waals surface area contributed by atoms with Crippen molar-refractivity contribution in [2.75, 3.05) is 35.7 Å². The zero-order valence-electron chi connectivity index (χ0n) is 19.1. The van der Waals surface area contributed by atoms with Crippen LogP contribution in [0.25, 0.3) is 10.9 Å². The lowest BCUT2D eigenvalue weighted by atomic mass is 9.95. The number of carbonyl (C=O) groups is 2. The van der Waals surface area contributed by atoms with Gasteiger partial charge < -0.3 is 15.0 Å². The number of carbonyl (C=O) groups excluding carboxylic acids is 2. The van der Waals surface area contributed by atoms with Gasteiger partial charge in [0.05, 0.1) is 12.7 Å². The van der Waals surface area contributed by atoms with Gasteiger partial charge in [-0.05, 0) is 74.8 Å². The van der Waals surface area contributed by atoms with E-state index in [0.29, 0.717) is 21.6 Å². The molecule has 2 aromatic heterocycles. The van der Waals surface area contributed by atoms with Crippen LogP contribution in [0.4, 0.5) is 25.7 Å². The predicted octanol–water partition coefficient (Wildman–Crippen LogP) is 5.74. The summed E-state index contributed by atoms with van der Waals surface area (Å²) in [4.78, 5) is 33.0. The number of nitrogens with one attached hydrogen (secondary N) is 2. The van der Waals surface area contributed by atoms with Crippen LogP contribution in [0.5, 0.6) is 0 Å². The van der Waals surface area contributed by atoms with Crippen molar-refractivity contribution >= 4 is 50.7 Å². The SMILES string of the molecule is COC(=O)c1c(NC(=O)Nc2cc(F)c3nc(N4CCCCC4)ccc3c2)sc2c1CCCC2. The van der Waals surface area contributed by atoms with Gasteiger partial charge in [-0.15, -0.1) is 11.3 Å². The van der Waals surface area contributed by atoms with Gasteiger partial charge in [0.2, 0.25) is 0 Å². The number of piperidine rings is 1. The van der Waals surface area contributed by atoms with E-state index in [-0.39, 0.29) is 5.52 Å². The average molecular weight is 483 g/mol. The molecule has 1 fully saturated rings. The molecule has 1 aliphatic heterocycles. The molecule has 3 aromatic rings. The van der Waals surface area contributed by atoms with Gasteiger partial charge in [0.25, 0.3) is 0 Å². The number of hydrogen-bond donors (Lipinski definition) is 2. The lowest BCUT2D eigenvalue weighted by Crippen LogP contribution is -2.30. The van der Waals surface area contributed by atoms with Crippen molar-refractivity contribution in [1.82, 2.24) is 4.98 Å². The summed E-state index contributed by atoms with van der Waals surface area (Å²) in [6.45, 7) is 1.86. The number of methoxy groups -OCH3 is 1. The number of aryl methyl sites for hydroxylation is 1. The number of nitrogens with zero attached hydrogens (tertiary/aromatic N) is 2. The minimum Gasteiger partial charge on any atom is -0.465 e. The third-order valence-corrected chi connectivity index (χ3v) is 7.66. The van der Waals surface area contributed by atoms with E-state index in [1.807, 2.05) is 12.1 Å². The number of thiophene rings is 1. The summed E-state index contributed by atoms with van der Waals surface area (Å²) in [5.41, 5.74) is 1.99. The summed E-state index contributed by atoms with van der Waals surface area (Å²) in [6, 6.07) is 6.17. The molecule has 1 saturated heterocycles. The normalized spacial score (nSPS) is 15.6. The number of fused-ring (bicyclic) bond motifs is 2. The zero-order chi connectivity index (χ0) is 23.7. The Balaban J connectivity index is 1.36. The van der Waals surface area contributed by atoms with Crippen molar-refractivity contribution in [2.45, 2.75) is 44.9 Å². The maximum atomic E-state index is 14.9. The Hall–Kier alpha value is -3.20. The van der Waals surface area contributed by atoms with Crippen molar-refractivity contribution in [3.05, 3.63) is 46.1 Å². The van der Waals surface area contributed by atoms with E-state index in [1.165, 1.54) is 30.9 Å².